The van der Waals surface area contributed by atoms with E-state index in [1.165, 1.54) is 6.07 Å². The van der Waals surface area contributed by atoms with E-state index in [1.54, 1.807) is 26.0 Å². The molecular weight excluding hydrogens is 248 g/mol. The molecule has 1 aromatic heterocycles. The van der Waals surface area contributed by atoms with E-state index in [-0.39, 0.29) is 11.3 Å². The van der Waals surface area contributed by atoms with Crippen LogP contribution in [0.2, 0.25) is 0 Å². The van der Waals surface area contributed by atoms with Gasteiger partial charge in [-0.25, -0.2) is 9.89 Å². The van der Waals surface area contributed by atoms with Gasteiger partial charge in [0.2, 0.25) is 0 Å². The number of carbonyl (C=O) groups is 1. The zero-order valence-electron chi connectivity index (χ0n) is 10.4. The first kappa shape index (κ1) is 12.8. The minimum Gasteiger partial charge on any atom is -0.507 e. The summed E-state index contributed by atoms with van der Waals surface area (Å²) in [7, 11) is 0. The number of hydrogen-bond acceptors (Lipinski definition) is 4. The van der Waals surface area contributed by atoms with E-state index in [0.717, 1.165) is 0 Å². The van der Waals surface area contributed by atoms with Gasteiger partial charge in [0.05, 0.1) is 5.69 Å². The number of aromatic amines is 1. The monoisotopic (exact) mass is 260 g/mol. The Morgan fingerprint density at radius 1 is 1.21 bits per heavy atom. The molecule has 0 aliphatic carbocycles. The van der Waals surface area contributed by atoms with Crippen LogP contribution in [-0.2, 0) is 0 Å². The lowest BCUT2D eigenvalue weighted by atomic mass is 10.0. The Balaban J connectivity index is 2.63. The summed E-state index contributed by atoms with van der Waals surface area (Å²) in [6.07, 6.45) is 0. The molecule has 0 saturated carbocycles. The minimum absolute atomic E-state index is 0.187. The molecule has 98 valence electrons. The minimum atomic E-state index is -1.31. The Bertz CT molecular complexity index is 696. The number of hydrogen-bond donors (Lipinski definition) is 3. The fraction of sp³-hybridized carbons (Fsp3) is 0.154. The molecule has 19 heavy (non-hydrogen) atoms. The van der Waals surface area contributed by atoms with E-state index >= 15 is 0 Å². The molecule has 2 rings (SSSR count). The van der Waals surface area contributed by atoms with Gasteiger partial charge >= 0.3 is 5.97 Å². The van der Waals surface area contributed by atoms with Gasteiger partial charge in [0.15, 0.2) is 0 Å². The number of rotatable bonds is 2. The van der Waals surface area contributed by atoms with Gasteiger partial charge in [-0.3, -0.25) is 4.79 Å². The second kappa shape index (κ2) is 4.56. The number of phenols is 1. The highest BCUT2D eigenvalue weighted by Crippen LogP contribution is 2.27. The summed E-state index contributed by atoms with van der Waals surface area (Å²) in [5, 5.41) is 24.6. The molecule has 0 unspecified atom stereocenters. The van der Waals surface area contributed by atoms with Gasteiger partial charge in [-0.1, -0.05) is 0 Å². The van der Waals surface area contributed by atoms with Gasteiger partial charge in [-0.2, -0.15) is 5.10 Å². The molecule has 0 atom stereocenters. The van der Waals surface area contributed by atoms with E-state index in [2.05, 4.69) is 10.2 Å². The largest absolute Gasteiger partial charge is 0.507 e. The summed E-state index contributed by atoms with van der Waals surface area (Å²) in [6.45, 7) is 3.46. The molecule has 2 aromatic rings. The standard InChI is InChI=1S/C13H12N2O4/c1-6-3-8(4-7(2)11(6)16)10-5-9(13(18)19)12(17)15-14-10/h3-5,16H,1-2H3,(H,15,17)(H,18,19). The third-order valence-corrected chi connectivity index (χ3v) is 2.82. The SMILES string of the molecule is Cc1cc(-c2cc(C(=O)O)c(=O)[nH]n2)cc(C)c1O. The topological polar surface area (TPSA) is 103 Å². The number of aromatic carboxylic acids is 1. The van der Waals surface area contributed by atoms with Crippen LogP contribution >= 0.6 is 0 Å². The molecule has 3 N–H and O–H groups in total. The fourth-order valence-electron chi connectivity index (χ4n) is 1.82. The predicted octanol–water partition coefficient (Wildman–Crippen LogP) is 1.46. The van der Waals surface area contributed by atoms with Crippen molar-refractivity contribution in [2.45, 2.75) is 13.8 Å². The summed E-state index contributed by atoms with van der Waals surface area (Å²) >= 11 is 0. The number of H-pyrrole nitrogens is 1. The average Bonchev–Trinajstić information content (AvgIpc) is 2.35. The van der Waals surface area contributed by atoms with Crippen molar-refractivity contribution in [3.63, 3.8) is 0 Å². The summed E-state index contributed by atoms with van der Waals surface area (Å²) in [6, 6.07) is 4.57. The Kier molecular flexibility index (Phi) is 3.08. The zero-order chi connectivity index (χ0) is 14.2. The van der Waals surface area contributed by atoms with Crippen LogP contribution in [0.25, 0.3) is 11.3 Å². The maximum absolute atomic E-state index is 11.3. The molecule has 0 fully saturated rings. The molecule has 0 bridgehead atoms. The number of aromatic hydroxyl groups is 1. The van der Waals surface area contributed by atoms with Crippen molar-refractivity contribution in [2.75, 3.05) is 0 Å². The number of nitrogens with one attached hydrogen (secondary N) is 1. The highest BCUT2D eigenvalue weighted by molar-refractivity contribution is 5.88. The van der Waals surface area contributed by atoms with E-state index in [4.69, 9.17) is 5.11 Å². The highest BCUT2D eigenvalue weighted by atomic mass is 16.4. The van der Waals surface area contributed by atoms with Crippen LogP contribution in [0.3, 0.4) is 0 Å². The Hall–Kier alpha value is -2.63. The maximum atomic E-state index is 11.3. The van der Waals surface area contributed by atoms with E-state index in [0.29, 0.717) is 22.4 Å². The van der Waals surface area contributed by atoms with Crippen LogP contribution in [0, 0.1) is 13.8 Å². The van der Waals surface area contributed by atoms with Crippen LogP contribution in [0.15, 0.2) is 23.0 Å². The van der Waals surface area contributed by atoms with Crippen molar-refractivity contribution in [2.24, 2.45) is 0 Å². The molecule has 0 saturated heterocycles. The summed E-state index contributed by atoms with van der Waals surface area (Å²) in [5.74, 6) is -1.12. The summed E-state index contributed by atoms with van der Waals surface area (Å²) in [5.41, 5.74) is 1.16. The number of aryl methyl sites for hydroxylation is 2. The van der Waals surface area contributed by atoms with Gasteiger partial charge in [-0.15, -0.1) is 0 Å². The van der Waals surface area contributed by atoms with Gasteiger partial charge < -0.3 is 10.2 Å². The Morgan fingerprint density at radius 3 is 2.32 bits per heavy atom. The lowest BCUT2D eigenvalue weighted by Crippen LogP contribution is -2.18. The molecular formula is C13H12N2O4. The van der Waals surface area contributed by atoms with Crippen molar-refractivity contribution in [3.05, 3.63) is 45.2 Å². The molecule has 1 heterocycles. The number of aromatic nitrogens is 2. The van der Waals surface area contributed by atoms with Crippen LogP contribution in [0.4, 0.5) is 0 Å². The third kappa shape index (κ3) is 2.33. The number of benzene rings is 1. The Labute approximate surface area is 108 Å². The number of nitrogens with zero attached hydrogens (tertiary/aromatic N) is 1. The molecule has 6 nitrogen and oxygen atoms in total. The lowest BCUT2D eigenvalue weighted by Gasteiger charge is -2.07. The molecule has 0 spiro atoms. The van der Waals surface area contributed by atoms with Gasteiger partial charge in [0.1, 0.15) is 11.3 Å². The van der Waals surface area contributed by atoms with Gasteiger partial charge in [-0.05, 0) is 43.2 Å². The third-order valence-electron chi connectivity index (χ3n) is 2.82. The molecule has 1 aromatic carbocycles. The van der Waals surface area contributed by atoms with Crippen LogP contribution in [0.5, 0.6) is 5.75 Å². The lowest BCUT2D eigenvalue weighted by molar-refractivity contribution is 0.0694. The van der Waals surface area contributed by atoms with E-state index in [1.807, 2.05) is 0 Å². The van der Waals surface area contributed by atoms with E-state index in [9.17, 15) is 14.7 Å². The number of phenolic OH excluding ortho intramolecular Hbond substituents is 1. The first-order valence-corrected chi connectivity index (χ1v) is 5.53. The van der Waals surface area contributed by atoms with Crippen LogP contribution < -0.4 is 5.56 Å². The van der Waals surface area contributed by atoms with Crippen molar-refractivity contribution in [1.29, 1.82) is 0 Å². The van der Waals surface area contributed by atoms with Crippen molar-refractivity contribution < 1.29 is 15.0 Å². The maximum Gasteiger partial charge on any atom is 0.341 e. The summed E-state index contributed by atoms with van der Waals surface area (Å²) in [4.78, 5) is 22.2. The molecule has 0 radical (unpaired) electrons. The normalized spacial score (nSPS) is 10.4. The quantitative estimate of drug-likeness (QED) is 0.758. The molecule has 0 amide bonds. The highest BCUT2D eigenvalue weighted by Gasteiger charge is 2.13. The van der Waals surface area contributed by atoms with Crippen molar-refractivity contribution in [3.8, 4) is 17.0 Å². The van der Waals surface area contributed by atoms with E-state index < -0.39 is 11.5 Å². The average molecular weight is 260 g/mol. The van der Waals surface area contributed by atoms with Gasteiger partial charge in [0, 0.05) is 5.56 Å². The van der Waals surface area contributed by atoms with Crippen LogP contribution in [-0.4, -0.2) is 26.4 Å². The number of carboxylic acids is 1. The second-order valence-corrected chi connectivity index (χ2v) is 4.26. The first-order chi connectivity index (χ1) is 8.90. The van der Waals surface area contributed by atoms with Crippen LogP contribution in [0.1, 0.15) is 21.5 Å². The summed E-state index contributed by atoms with van der Waals surface area (Å²) < 4.78 is 0. The van der Waals surface area contributed by atoms with Gasteiger partial charge in [0.25, 0.3) is 5.56 Å². The fourth-order valence-corrected chi connectivity index (χ4v) is 1.82. The molecule has 6 heteroatoms. The zero-order valence-corrected chi connectivity index (χ0v) is 10.4. The van der Waals surface area contributed by atoms with Crippen molar-refractivity contribution in [1.82, 2.24) is 10.2 Å². The molecule has 0 aliphatic heterocycles. The van der Waals surface area contributed by atoms with Crippen molar-refractivity contribution >= 4 is 5.97 Å². The second-order valence-electron chi connectivity index (χ2n) is 4.26. The first-order valence-electron chi connectivity index (χ1n) is 5.53. The Morgan fingerprint density at radius 2 is 1.79 bits per heavy atom. The number of carboxylic acid groups (broad SMARTS) is 1. The molecule has 0 aliphatic rings. The predicted molar refractivity (Wildman–Crippen MR) is 68.4 cm³/mol. The smallest absolute Gasteiger partial charge is 0.341 e.